The number of hydrogen-bond donors (Lipinski definition) is 0. The highest BCUT2D eigenvalue weighted by molar-refractivity contribution is 6.27. The first-order valence-corrected chi connectivity index (χ1v) is 19.5. The van der Waals surface area contributed by atoms with Gasteiger partial charge < -0.3 is 18.3 Å². The molecule has 0 saturated carbocycles. The van der Waals surface area contributed by atoms with Crippen molar-refractivity contribution in [3.05, 3.63) is 200 Å². The Balaban J connectivity index is 1.15. The Morgan fingerprint density at radius 3 is 1.64 bits per heavy atom. The second-order valence-corrected chi connectivity index (χ2v) is 14.7. The van der Waals surface area contributed by atoms with Gasteiger partial charge in [0.25, 0.3) is 0 Å². The van der Waals surface area contributed by atoms with Gasteiger partial charge in [0.15, 0.2) is 0 Å². The van der Waals surface area contributed by atoms with E-state index >= 15 is 0 Å². The summed E-state index contributed by atoms with van der Waals surface area (Å²) in [7, 11) is 0. The lowest BCUT2D eigenvalue weighted by molar-refractivity contribution is 0.668. The lowest BCUT2D eigenvalue weighted by Gasteiger charge is -2.25. The molecule has 0 saturated heterocycles. The van der Waals surface area contributed by atoms with Gasteiger partial charge >= 0.3 is 0 Å². The number of aromatic nitrogens is 2. The smallest absolute Gasteiger partial charge is 0.137 e. The molecule has 0 aliphatic rings. The van der Waals surface area contributed by atoms with Crippen molar-refractivity contribution in [2.45, 2.75) is 0 Å². The molecule has 272 valence electrons. The van der Waals surface area contributed by atoms with Gasteiger partial charge in [-0.05, 0) is 78.9 Å². The summed E-state index contributed by atoms with van der Waals surface area (Å²) in [4.78, 5) is 7.54. The molecule has 12 aromatic rings. The van der Waals surface area contributed by atoms with Crippen molar-refractivity contribution in [1.29, 1.82) is 0 Å². The van der Waals surface area contributed by atoms with Crippen molar-refractivity contribution in [2.75, 3.05) is 4.90 Å². The fourth-order valence-electron chi connectivity index (χ4n) is 8.77. The molecular formula is C53H33N3O2. The molecule has 8 aromatic carbocycles. The molecule has 5 nitrogen and oxygen atoms in total. The van der Waals surface area contributed by atoms with E-state index in [2.05, 4.69) is 179 Å². The van der Waals surface area contributed by atoms with E-state index in [9.17, 15) is 0 Å². The van der Waals surface area contributed by atoms with Gasteiger partial charge in [0.2, 0.25) is 0 Å². The lowest BCUT2D eigenvalue weighted by atomic mass is 10.0. The topological polar surface area (TPSA) is 47.3 Å². The average molecular weight is 744 g/mol. The Morgan fingerprint density at radius 1 is 0.362 bits per heavy atom. The quantitative estimate of drug-likeness (QED) is 0.170. The summed E-state index contributed by atoms with van der Waals surface area (Å²) in [6, 6.07) is 70.1. The molecule has 4 aromatic heterocycles. The summed E-state index contributed by atoms with van der Waals surface area (Å²) < 4.78 is 15.3. The summed E-state index contributed by atoms with van der Waals surface area (Å²) in [5, 5.41) is 6.66. The highest BCUT2D eigenvalue weighted by atomic mass is 16.3. The standard InChI is InChI=1S/C53H33N3O2/c1-4-14-34(15-5-1)44-31-39(32-45(54-44)35-16-6-2-7-17-35)56-46-27-25-37(30-43(46)52-47(56)28-29-50-53(52)42-21-11-13-23-49(42)57-50)55(36-18-8-3-9-19-36)38-24-26-41-40-20-10-12-22-48(40)58-51(41)33-38/h1-33H. The van der Waals surface area contributed by atoms with Crippen LogP contribution in [-0.2, 0) is 0 Å². The summed E-state index contributed by atoms with van der Waals surface area (Å²) in [6.45, 7) is 0. The van der Waals surface area contributed by atoms with Crippen molar-refractivity contribution in [2.24, 2.45) is 0 Å². The van der Waals surface area contributed by atoms with Gasteiger partial charge in [0.05, 0.1) is 28.1 Å². The minimum Gasteiger partial charge on any atom is -0.456 e. The van der Waals surface area contributed by atoms with Crippen LogP contribution in [0.15, 0.2) is 209 Å². The largest absolute Gasteiger partial charge is 0.456 e. The monoisotopic (exact) mass is 743 g/mol. The summed E-state index contributed by atoms with van der Waals surface area (Å²) in [5.74, 6) is 0. The minimum atomic E-state index is 0.852. The number of para-hydroxylation sites is 3. The third kappa shape index (κ3) is 5.07. The maximum Gasteiger partial charge on any atom is 0.137 e. The maximum atomic E-state index is 6.52. The Bertz CT molecular complexity index is 3450. The van der Waals surface area contributed by atoms with Crippen LogP contribution in [0.2, 0.25) is 0 Å². The zero-order valence-electron chi connectivity index (χ0n) is 31.2. The molecule has 58 heavy (non-hydrogen) atoms. The van der Waals surface area contributed by atoms with E-state index in [0.717, 1.165) is 111 Å². The van der Waals surface area contributed by atoms with Gasteiger partial charge in [0.1, 0.15) is 22.3 Å². The van der Waals surface area contributed by atoms with Crippen molar-refractivity contribution >= 4 is 82.7 Å². The third-order valence-corrected chi connectivity index (χ3v) is 11.4. The number of pyridine rings is 1. The summed E-state index contributed by atoms with van der Waals surface area (Å²) >= 11 is 0. The molecule has 0 fully saturated rings. The van der Waals surface area contributed by atoms with Crippen LogP contribution in [-0.4, -0.2) is 9.55 Å². The first-order chi connectivity index (χ1) is 28.7. The molecule has 0 unspecified atom stereocenters. The Hall–Kier alpha value is -7.89. The predicted molar refractivity (Wildman–Crippen MR) is 239 cm³/mol. The first-order valence-electron chi connectivity index (χ1n) is 19.5. The van der Waals surface area contributed by atoms with Crippen molar-refractivity contribution < 1.29 is 8.83 Å². The van der Waals surface area contributed by atoms with E-state index in [0.29, 0.717) is 0 Å². The van der Waals surface area contributed by atoms with Gasteiger partial charge in [0, 0.05) is 66.6 Å². The second-order valence-electron chi connectivity index (χ2n) is 14.7. The van der Waals surface area contributed by atoms with Crippen molar-refractivity contribution in [3.63, 3.8) is 0 Å². The van der Waals surface area contributed by atoms with Gasteiger partial charge in [-0.2, -0.15) is 0 Å². The van der Waals surface area contributed by atoms with Crippen LogP contribution in [0, 0.1) is 0 Å². The molecular weight excluding hydrogens is 711 g/mol. The lowest BCUT2D eigenvalue weighted by Crippen LogP contribution is -2.09. The predicted octanol–water partition coefficient (Wildman–Crippen LogP) is 14.8. The van der Waals surface area contributed by atoms with Gasteiger partial charge in [-0.1, -0.05) is 115 Å². The number of furan rings is 2. The highest BCUT2D eigenvalue weighted by Gasteiger charge is 2.23. The van der Waals surface area contributed by atoms with Crippen LogP contribution in [0.25, 0.3) is 93.9 Å². The van der Waals surface area contributed by atoms with Gasteiger partial charge in [-0.25, -0.2) is 4.98 Å². The Morgan fingerprint density at radius 2 is 0.914 bits per heavy atom. The SMILES string of the molecule is c1ccc(-c2cc(-n3c4ccc(N(c5ccccc5)c5ccc6c(c5)oc5ccccc56)cc4c4c5c(ccc43)oc3ccccc35)cc(-c3ccccc3)n2)cc1. The van der Waals surface area contributed by atoms with Crippen molar-refractivity contribution in [3.8, 4) is 28.2 Å². The number of nitrogens with zero attached hydrogens (tertiary/aromatic N) is 3. The molecule has 5 heteroatoms. The zero-order valence-corrected chi connectivity index (χ0v) is 31.2. The first kappa shape index (κ1) is 32.4. The minimum absolute atomic E-state index is 0.852. The number of fused-ring (bicyclic) bond motifs is 10. The number of benzene rings is 8. The van der Waals surface area contributed by atoms with Crippen molar-refractivity contribution in [1.82, 2.24) is 9.55 Å². The van der Waals surface area contributed by atoms with E-state index in [1.807, 2.05) is 30.3 Å². The molecule has 0 radical (unpaired) electrons. The number of anilines is 3. The van der Waals surface area contributed by atoms with E-state index in [1.54, 1.807) is 0 Å². The Kier molecular flexibility index (Phi) is 7.16. The third-order valence-electron chi connectivity index (χ3n) is 11.4. The molecule has 0 aliphatic carbocycles. The average Bonchev–Trinajstić information content (AvgIpc) is 3.96. The van der Waals surface area contributed by atoms with E-state index < -0.39 is 0 Å². The second kappa shape index (κ2) is 12.8. The van der Waals surface area contributed by atoms with Gasteiger partial charge in [-0.3, -0.25) is 0 Å². The van der Waals surface area contributed by atoms with Crippen LogP contribution in [0.4, 0.5) is 17.1 Å². The normalized spacial score (nSPS) is 11.8. The fraction of sp³-hybridized carbons (Fsp3) is 0. The fourth-order valence-corrected chi connectivity index (χ4v) is 8.77. The molecule has 0 bridgehead atoms. The van der Waals surface area contributed by atoms with Crippen LogP contribution in [0.3, 0.4) is 0 Å². The summed E-state index contributed by atoms with van der Waals surface area (Å²) in [6.07, 6.45) is 0. The van der Waals surface area contributed by atoms with Crippen LogP contribution in [0.5, 0.6) is 0 Å². The molecule has 0 spiro atoms. The van der Waals surface area contributed by atoms with Crippen LogP contribution in [0.1, 0.15) is 0 Å². The molecule has 12 rings (SSSR count). The molecule has 0 atom stereocenters. The zero-order chi connectivity index (χ0) is 38.2. The van der Waals surface area contributed by atoms with Gasteiger partial charge in [-0.15, -0.1) is 0 Å². The maximum absolute atomic E-state index is 6.52. The molecule has 0 aliphatic heterocycles. The highest BCUT2D eigenvalue weighted by Crippen LogP contribution is 2.45. The van der Waals surface area contributed by atoms with E-state index in [1.165, 1.54) is 0 Å². The summed E-state index contributed by atoms with van der Waals surface area (Å²) in [5.41, 5.74) is 13.7. The molecule has 0 amide bonds. The Labute approximate surface area is 333 Å². The number of hydrogen-bond acceptors (Lipinski definition) is 4. The number of rotatable bonds is 6. The van der Waals surface area contributed by atoms with E-state index in [-0.39, 0.29) is 0 Å². The molecule has 4 heterocycles. The van der Waals surface area contributed by atoms with E-state index in [4.69, 9.17) is 13.8 Å². The van der Waals surface area contributed by atoms with Crippen LogP contribution >= 0.6 is 0 Å². The van der Waals surface area contributed by atoms with Crippen LogP contribution < -0.4 is 4.90 Å². The molecule has 0 N–H and O–H groups in total.